The Bertz CT molecular complexity index is 991. The highest BCUT2D eigenvalue weighted by molar-refractivity contribution is 5.60. The van der Waals surface area contributed by atoms with Crippen molar-refractivity contribution in [2.24, 2.45) is 0 Å². The summed E-state index contributed by atoms with van der Waals surface area (Å²) in [6.45, 7) is 3.88. The van der Waals surface area contributed by atoms with E-state index < -0.39 is 0 Å². The van der Waals surface area contributed by atoms with Gasteiger partial charge in [-0.1, -0.05) is 12.1 Å². The molecule has 0 spiro atoms. The third-order valence-corrected chi connectivity index (χ3v) is 4.39. The first-order chi connectivity index (χ1) is 12.3. The van der Waals surface area contributed by atoms with Gasteiger partial charge in [0.1, 0.15) is 5.82 Å². The lowest BCUT2D eigenvalue weighted by atomic mass is 10.1. The lowest BCUT2D eigenvalue weighted by molar-refractivity contribution is 0.618. The molecule has 1 heterocycles. The number of halogens is 1. The van der Waals surface area contributed by atoms with Gasteiger partial charge in [-0.3, -0.25) is 4.79 Å². The smallest absolute Gasteiger partial charge is 0.270 e. The van der Waals surface area contributed by atoms with E-state index in [0.29, 0.717) is 23.4 Å². The molecular weight excluding hydrogens is 329 g/mol. The minimum atomic E-state index is -0.250. The molecule has 4 nitrogen and oxygen atoms in total. The minimum absolute atomic E-state index is 0.121. The molecule has 0 radical (unpaired) electrons. The molecule has 0 aliphatic carbocycles. The van der Waals surface area contributed by atoms with Gasteiger partial charge in [0, 0.05) is 30.9 Å². The quantitative estimate of drug-likeness (QED) is 0.718. The second kappa shape index (κ2) is 7.12. The van der Waals surface area contributed by atoms with E-state index in [1.54, 1.807) is 32.0 Å². The largest absolute Gasteiger partial charge is 0.378 e. The molecule has 0 aliphatic heterocycles. The normalized spacial score (nSPS) is 10.8. The maximum Gasteiger partial charge on any atom is 0.270 e. The highest BCUT2D eigenvalue weighted by Crippen LogP contribution is 2.20. The standard InChI is InChI=1S/C21H22FN3O/c1-14-11-17(7-10-19(14)22)20-12-15(2)21(26)25(23-20)13-16-5-8-18(9-6-16)24(3)4/h5-12H,13H2,1-4H3. The van der Waals surface area contributed by atoms with Crippen LogP contribution in [-0.2, 0) is 6.54 Å². The second-order valence-electron chi connectivity index (χ2n) is 6.70. The number of aryl methyl sites for hydroxylation is 2. The summed E-state index contributed by atoms with van der Waals surface area (Å²) in [5.74, 6) is -0.250. The summed E-state index contributed by atoms with van der Waals surface area (Å²) in [5, 5.41) is 4.50. The summed E-state index contributed by atoms with van der Waals surface area (Å²) in [6.07, 6.45) is 0. The van der Waals surface area contributed by atoms with Crippen molar-refractivity contribution in [3.8, 4) is 11.3 Å². The molecule has 0 saturated heterocycles. The fraction of sp³-hybridized carbons (Fsp3) is 0.238. The summed E-state index contributed by atoms with van der Waals surface area (Å²) in [6, 6.07) is 14.6. The van der Waals surface area contributed by atoms with Gasteiger partial charge in [-0.2, -0.15) is 5.10 Å². The fourth-order valence-electron chi connectivity index (χ4n) is 2.80. The van der Waals surface area contributed by atoms with Crippen LogP contribution in [0.25, 0.3) is 11.3 Å². The second-order valence-corrected chi connectivity index (χ2v) is 6.70. The van der Waals surface area contributed by atoms with Crippen molar-refractivity contribution >= 4 is 5.69 Å². The lowest BCUT2D eigenvalue weighted by Gasteiger charge is -2.13. The Morgan fingerprint density at radius 3 is 2.31 bits per heavy atom. The van der Waals surface area contributed by atoms with E-state index in [1.165, 1.54) is 10.7 Å². The van der Waals surface area contributed by atoms with Crippen LogP contribution in [0.15, 0.2) is 53.3 Å². The number of rotatable bonds is 4. The minimum Gasteiger partial charge on any atom is -0.378 e. The van der Waals surface area contributed by atoms with E-state index in [9.17, 15) is 9.18 Å². The number of benzene rings is 2. The van der Waals surface area contributed by atoms with Crippen LogP contribution in [0.1, 0.15) is 16.7 Å². The third-order valence-electron chi connectivity index (χ3n) is 4.39. The fourth-order valence-corrected chi connectivity index (χ4v) is 2.80. The first-order valence-electron chi connectivity index (χ1n) is 8.46. The topological polar surface area (TPSA) is 38.1 Å². The van der Waals surface area contributed by atoms with E-state index >= 15 is 0 Å². The monoisotopic (exact) mass is 351 g/mol. The molecule has 0 aliphatic rings. The van der Waals surface area contributed by atoms with Crippen molar-refractivity contribution < 1.29 is 4.39 Å². The zero-order valence-corrected chi connectivity index (χ0v) is 15.5. The van der Waals surface area contributed by atoms with Gasteiger partial charge in [0.05, 0.1) is 12.2 Å². The average Bonchev–Trinajstić information content (AvgIpc) is 2.61. The Kier molecular flexibility index (Phi) is 4.89. The Hall–Kier alpha value is -2.95. The SMILES string of the molecule is Cc1cc(-c2cc(C)c(=O)n(Cc3ccc(N(C)C)cc3)n2)ccc1F. The van der Waals surface area contributed by atoms with E-state index in [4.69, 9.17) is 0 Å². The van der Waals surface area contributed by atoms with Crippen LogP contribution >= 0.6 is 0 Å². The Morgan fingerprint density at radius 2 is 1.69 bits per heavy atom. The molecule has 0 N–H and O–H groups in total. The summed E-state index contributed by atoms with van der Waals surface area (Å²) < 4.78 is 15.0. The molecule has 0 unspecified atom stereocenters. The van der Waals surface area contributed by atoms with Crippen LogP contribution in [0.5, 0.6) is 0 Å². The number of hydrogen-bond acceptors (Lipinski definition) is 3. The molecule has 0 bridgehead atoms. The molecule has 0 fully saturated rings. The average molecular weight is 351 g/mol. The van der Waals surface area contributed by atoms with Crippen LogP contribution < -0.4 is 10.5 Å². The first-order valence-corrected chi connectivity index (χ1v) is 8.46. The first kappa shape index (κ1) is 17.9. The highest BCUT2D eigenvalue weighted by atomic mass is 19.1. The molecule has 0 amide bonds. The van der Waals surface area contributed by atoms with Crippen molar-refractivity contribution in [3.05, 3.63) is 81.4 Å². The zero-order valence-electron chi connectivity index (χ0n) is 15.5. The van der Waals surface area contributed by atoms with E-state index in [1.807, 2.05) is 43.3 Å². The van der Waals surface area contributed by atoms with Gasteiger partial charge in [-0.05, 0) is 61.4 Å². The number of hydrogen-bond donors (Lipinski definition) is 0. The van der Waals surface area contributed by atoms with Gasteiger partial charge in [0.25, 0.3) is 5.56 Å². The molecular formula is C21H22FN3O. The Morgan fingerprint density at radius 1 is 1.00 bits per heavy atom. The number of nitrogens with zero attached hydrogens (tertiary/aromatic N) is 3. The van der Waals surface area contributed by atoms with Crippen molar-refractivity contribution in [1.29, 1.82) is 0 Å². The molecule has 3 rings (SSSR count). The van der Waals surface area contributed by atoms with Crippen LogP contribution in [-0.4, -0.2) is 23.9 Å². The van der Waals surface area contributed by atoms with E-state index in [2.05, 4.69) is 5.10 Å². The van der Waals surface area contributed by atoms with Gasteiger partial charge < -0.3 is 4.90 Å². The zero-order chi connectivity index (χ0) is 18.8. The van der Waals surface area contributed by atoms with Gasteiger partial charge >= 0.3 is 0 Å². The summed E-state index contributed by atoms with van der Waals surface area (Å²) in [4.78, 5) is 14.5. The van der Waals surface area contributed by atoms with Crippen molar-refractivity contribution in [3.63, 3.8) is 0 Å². The van der Waals surface area contributed by atoms with Crippen LogP contribution in [0.4, 0.5) is 10.1 Å². The third kappa shape index (κ3) is 3.67. The Labute approximate surface area is 152 Å². The lowest BCUT2D eigenvalue weighted by Crippen LogP contribution is -2.25. The molecule has 0 atom stereocenters. The molecule has 3 aromatic rings. The number of anilines is 1. The molecule has 1 aromatic heterocycles. The summed E-state index contributed by atoms with van der Waals surface area (Å²) >= 11 is 0. The van der Waals surface area contributed by atoms with Crippen LogP contribution in [0, 0.1) is 19.7 Å². The predicted molar refractivity (Wildman–Crippen MR) is 103 cm³/mol. The van der Waals surface area contributed by atoms with Gasteiger partial charge in [0.15, 0.2) is 0 Å². The highest BCUT2D eigenvalue weighted by Gasteiger charge is 2.09. The molecule has 0 saturated carbocycles. The van der Waals surface area contributed by atoms with Crippen molar-refractivity contribution in [1.82, 2.24) is 9.78 Å². The van der Waals surface area contributed by atoms with Gasteiger partial charge in [-0.25, -0.2) is 9.07 Å². The molecule has 2 aromatic carbocycles. The number of aromatic nitrogens is 2. The predicted octanol–water partition coefficient (Wildman–Crippen LogP) is 3.78. The molecule has 5 heteroatoms. The van der Waals surface area contributed by atoms with Crippen molar-refractivity contribution in [2.75, 3.05) is 19.0 Å². The maximum atomic E-state index is 13.5. The summed E-state index contributed by atoms with van der Waals surface area (Å²) in [5.41, 5.74) is 4.60. The van der Waals surface area contributed by atoms with Crippen LogP contribution in [0.2, 0.25) is 0 Å². The maximum absolute atomic E-state index is 13.5. The van der Waals surface area contributed by atoms with Gasteiger partial charge in [0.2, 0.25) is 0 Å². The summed E-state index contributed by atoms with van der Waals surface area (Å²) in [7, 11) is 3.97. The van der Waals surface area contributed by atoms with Crippen molar-refractivity contribution in [2.45, 2.75) is 20.4 Å². The molecule has 26 heavy (non-hydrogen) atoms. The van der Waals surface area contributed by atoms with Gasteiger partial charge in [-0.15, -0.1) is 0 Å². The van der Waals surface area contributed by atoms with E-state index in [-0.39, 0.29) is 11.4 Å². The van der Waals surface area contributed by atoms with E-state index in [0.717, 1.165) is 16.8 Å². The van der Waals surface area contributed by atoms with Crippen LogP contribution in [0.3, 0.4) is 0 Å². The molecule has 134 valence electrons. The Balaban J connectivity index is 1.98.